The molecular weight excluding hydrogens is 316 g/mol. The van der Waals surface area contributed by atoms with Crippen LogP contribution in [0.4, 0.5) is 0 Å². The number of ether oxygens (including phenoxy) is 1. The Morgan fingerprint density at radius 2 is 1.88 bits per heavy atom. The predicted molar refractivity (Wildman–Crippen MR) is 103 cm³/mol. The van der Waals surface area contributed by atoms with E-state index in [0.717, 1.165) is 37.6 Å². The molecule has 6 heteroatoms. The van der Waals surface area contributed by atoms with Gasteiger partial charge >= 0.3 is 0 Å². The lowest BCUT2D eigenvalue weighted by Crippen LogP contribution is -2.39. The number of primary amides is 1. The van der Waals surface area contributed by atoms with Crippen molar-refractivity contribution in [3.63, 3.8) is 0 Å². The zero-order valence-electron chi connectivity index (χ0n) is 15.8. The number of rotatable bonds is 10. The molecule has 1 aromatic carbocycles. The second kappa shape index (κ2) is 11.5. The molecule has 0 saturated carbocycles. The highest BCUT2D eigenvalue weighted by Crippen LogP contribution is 2.10. The molecule has 1 aromatic rings. The number of nitrogens with zero attached hydrogens (tertiary/aromatic N) is 1. The van der Waals surface area contributed by atoms with Gasteiger partial charge in [-0.3, -0.25) is 4.79 Å². The van der Waals surface area contributed by atoms with E-state index in [-0.39, 0.29) is 6.10 Å². The minimum Gasteiger partial charge on any atom is -0.378 e. The third-order valence-corrected chi connectivity index (χ3v) is 3.85. The predicted octanol–water partition coefficient (Wildman–Crippen LogP) is 2.29. The maximum absolute atomic E-state index is 11.1. The van der Waals surface area contributed by atoms with Crippen molar-refractivity contribution in [1.29, 1.82) is 0 Å². The average Bonchev–Trinajstić information content (AvgIpc) is 2.59. The summed E-state index contributed by atoms with van der Waals surface area (Å²) in [4.78, 5) is 15.7. The fourth-order valence-electron chi connectivity index (χ4n) is 2.44. The minimum absolute atomic E-state index is 0.252. The van der Waals surface area contributed by atoms with Crippen LogP contribution >= 0.6 is 0 Å². The molecule has 0 aromatic heterocycles. The summed E-state index contributed by atoms with van der Waals surface area (Å²) in [6.07, 6.45) is 1.19. The lowest BCUT2D eigenvalue weighted by Gasteiger charge is -2.21. The van der Waals surface area contributed by atoms with Crippen LogP contribution in [0.2, 0.25) is 0 Å². The normalized spacial score (nSPS) is 12.9. The van der Waals surface area contributed by atoms with Crippen molar-refractivity contribution >= 4 is 11.9 Å². The summed E-state index contributed by atoms with van der Waals surface area (Å²) in [6, 6.07) is 7.19. The van der Waals surface area contributed by atoms with E-state index in [2.05, 4.69) is 29.5 Å². The molecule has 0 aliphatic carbocycles. The molecule has 0 heterocycles. The van der Waals surface area contributed by atoms with Crippen molar-refractivity contribution in [3.05, 3.63) is 35.4 Å². The number of hydrogen-bond donors (Lipinski definition) is 3. The van der Waals surface area contributed by atoms with Gasteiger partial charge < -0.3 is 21.1 Å². The zero-order chi connectivity index (χ0) is 18.7. The highest BCUT2D eigenvalue weighted by Gasteiger charge is 2.12. The Balaban J connectivity index is 2.56. The summed E-state index contributed by atoms with van der Waals surface area (Å²) in [5, 5.41) is 6.59. The van der Waals surface area contributed by atoms with Gasteiger partial charge in [-0.05, 0) is 43.9 Å². The molecule has 0 aliphatic heterocycles. The van der Waals surface area contributed by atoms with E-state index in [4.69, 9.17) is 10.5 Å². The maximum Gasteiger partial charge on any atom is 0.248 e. The summed E-state index contributed by atoms with van der Waals surface area (Å²) in [6.45, 7) is 11.3. The Labute approximate surface area is 151 Å². The molecule has 0 aliphatic rings. The van der Waals surface area contributed by atoms with Gasteiger partial charge in [0.15, 0.2) is 5.96 Å². The molecular formula is C19H32N4O2. The lowest BCUT2D eigenvalue weighted by atomic mass is 10.0. The minimum atomic E-state index is -0.418. The lowest BCUT2D eigenvalue weighted by molar-refractivity contribution is 0.0258. The first-order chi connectivity index (χ1) is 12.0. The van der Waals surface area contributed by atoms with E-state index in [0.29, 0.717) is 18.0 Å². The van der Waals surface area contributed by atoms with Crippen LogP contribution in [0.5, 0.6) is 0 Å². The quantitative estimate of drug-likeness (QED) is 0.447. The number of hydrogen-bond acceptors (Lipinski definition) is 3. The average molecular weight is 348 g/mol. The van der Waals surface area contributed by atoms with Crippen LogP contribution in [-0.2, 0) is 11.3 Å². The van der Waals surface area contributed by atoms with E-state index in [1.54, 1.807) is 12.1 Å². The van der Waals surface area contributed by atoms with Gasteiger partial charge in [0.2, 0.25) is 5.91 Å². The molecule has 1 amide bonds. The first-order valence-electron chi connectivity index (χ1n) is 9.00. The zero-order valence-corrected chi connectivity index (χ0v) is 15.8. The number of nitrogens with one attached hydrogen (secondary N) is 2. The molecule has 25 heavy (non-hydrogen) atoms. The number of carbonyl (C=O) groups excluding carboxylic acids is 1. The molecule has 0 bridgehead atoms. The van der Waals surface area contributed by atoms with Gasteiger partial charge in [0.05, 0.1) is 12.6 Å². The monoisotopic (exact) mass is 348 g/mol. The van der Waals surface area contributed by atoms with Gasteiger partial charge in [0.1, 0.15) is 0 Å². The summed E-state index contributed by atoms with van der Waals surface area (Å²) < 4.78 is 5.77. The third-order valence-electron chi connectivity index (χ3n) is 3.85. The highest BCUT2D eigenvalue weighted by molar-refractivity contribution is 5.92. The number of benzene rings is 1. The van der Waals surface area contributed by atoms with E-state index < -0.39 is 5.91 Å². The SMILES string of the molecule is CCNC(=NCc1ccc(C(N)=O)cc1)NCCC(OCC)C(C)C. The summed E-state index contributed by atoms with van der Waals surface area (Å²) >= 11 is 0. The molecule has 1 unspecified atom stereocenters. The van der Waals surface area contributed by atoms with Crippen molar-refractivity contribution in [2.24, 2.45) is 16.6 Å². The second-order valence-electron chi connectivity index (χ2n) is 6.21. The molecule has 1 atom stereocenters. The van der Waals surface area contributed by atoms with Crippen LogP contribution in [-0.4, -0.2) is 37.7 Å². The Bertz CT molecular complexity index is 541. The molecule has 4 N–H and O–H groups in total. The van der Waals surface area contributed by atoms with Gasteiger partial charge in [-0.1, -0.05) is 26.0 Å². The number of carbonyl (C=O) groups is 1. The van der Waals surface area contributed by atoms with Crippen LogP contribution in [0.1, 0.15) is 50.0 Å². The Hall–Kier alpha value is -2.08. The summed E-state index contributed by atoms with van der Waals surface area (Å²) in [5.74, 6) is 0.851. The molecule has 0 spiro atoms. The molecule has 140 valence electrons. The van der Waals surface area contributed by atoms with Gasteiger partial charge in [0.25, 0.3) is 0 Å². The van der Waals surface area contributed by atoms with Crippen LogP contribution in [0.3, 0.4) is 0 Å². The summed E-state index contributed by atoms with van der Waals surface area (Å²) in [7, 11) is 0. The number of guanidine groups is 1. The maximum atomic E-state index is 11.1. The first-order valence-corrected chi connectivity index (χ1v) is 9.00. The van der Waals surface area contributed by atoms with E-state index in [1.165, 1.54) is 0 Å². The second-order valence-corrected chi connectivity index (χ2v) is 6.21. The van der Waals surface area contributed by atoms with Crippen molar-refractivity contribution in [1.82, 2.24) is 10.6 Å². The van der Waals surface area contributed by atoms with Crippen molar-refractivity contribution in [2.75, 3.05) is 19.7 Å². The van der Waals surface area contributed by atoms with Crippen LogP contribution in [0.25, 0.3) is 0 Å². The Kier molecular flexibility index (Phi) is 9.62. The van der Waals surface area contributed by atoms with Crippen molar-refractivity contribution in [3.8, 4) is 0 Å². The van der Waals surface area contributed by atoms with Crippen molar-refractivity contribution in [2.45, 2.75) is 46.8 Å². The Morgan fingerprint density at radius 3 is 2.40 bits per heavy atom. The number of nitrogens with two attached hydrogens (primary N) is 1. The summed E-state index contributed by atoms with van der Waals surface area (Å²) in [5.41, 5.74) is 6.78. The molecule has 1 rings (SSSR count). The van der Waals surface area contributed by atoms with Crippen LogP contribution < -0.4 is 16.4 Å². The topological polar surface area (TPSA) is 88.7 Å². The van der Waals surface area contributed by atoms with E-state index in [9.17, 15) is 4.79 Å². The third kappa shape index (κ3) is 8.03. The molecule has 0 fully saturated rings. The van der Waals surface area contributed by atoms with Gasteiger partial charge in [-0.2, -0.15) is 0 Å². The van der Waals surface area contributed by atoms with E-state index >= 15 is 0 Å². The standard InChI is InChI=1S/C19H32N4O2/c1-5-21-19(22-12-11-17(14(3)4)25-6-2)23-13-15-7-9-16(10-8-15)18(20)24/h7-10,14,17H,5-6,11-13H2,1-4H3,(H2,20,24)(H2,21,22,23). The fraction of sp³-hybridized carbons (Fsp3) is 0.579. The first kappa shape index (κ1) is 21.0. The number of amides is 1. The highest BCUT2D eigenvalue weighted by atomic mass is 16.5. The fourth-order valence-corrected chi connectivity index (χ4v) is 2.44. The number of aliphatic imine (C=N–C) groups is 1. The van der Waals surface area contributed by atoms with Crippen LogP contribution in [0.15, 0.2) is 29.3 Å². The molecule has 0 saturated heterocycles. The van der Waals surface area contributed by atoms with E-state index in [1.807, 2.05) is 26.0 Å². The van der Waals surface area contributed by atoms with Crippen molar-refractivity contribution < 1.29 is 9.53 Å². The smallest absolute Gasteiger partial charge is 0.248 e. The van der Waals surface area contributed by atoms with Gasteiger partial charge in [-0.25, -0.2) is 4.99 Å². The Morgan fingerprint density at radius 1 is 1.20 bits per heavy atom. The van der Waals surface area contributed by atoms with Crippen LogP contribution in [0, 0.1) is 5.92 Å². The molecule has 0 radical (unpaired) electrons. The van der Waals surface area contributed by atoms with Gasteiger partial charge in [0, 0.05) is 25.3 Å². The molecule has 6 nitrogen and oxygen atoms in total. The largest absolute Gasteiger partial charge is 0.378 e. The van der Waals surface area contributed by atoms with Gasteiger partial charge in [-0.15, -0.1) is 0 Å².